The van der Waals surface area contributed by atoms with Gasteiger partial charge >= 0.3 is 0 Å². The minimum Gasteiger partial charge on any atom is -0.380 e. The van der Waals surface area contributed by atoms with Gasteiger partial charge in [0.05, 0.1) is 45.2 Å². The maximum Gasteiger partial charge on any atom is 0.115 e. The Balaban J connectivity index is 1.29. The molecule has 5 aromatic rings. The van der Waals surface area contributed by atoms with Crippen LogP contribution in [0.5, 0.6) is 0 Å². The van der Waals surface area contributed by atoms with Crippen LogP contribution in [0, 0.1) is 6.92 Å². The molecular formula is C45H50O6S. The van der Waals surface area contributed by atoms with E-state index in [1.165, 1.54) is 10.5 Å². The Morgan fingerprint density at radius 3 is 1.46 bits per heavy atom. The predicted octanol–water partition coefficient (Wildman–Crippen LogP) is 9.23. The lowest BCUT2D eigenvalue weighted by Gasteiger charge is -2.47. The molecule has 1 aliphatic heterocycles. The van der Waals surface area contributed by atoms with E-state index >= 15 is 0 Å². The van der Waals surface area contributed by atoms with Crippen LogP contribution in [0.2, 0.25) is 0 Å². The fourth-order valence-electron chi connectivity index (χ4n) is 6.39. The zero-order valence-corrected chi connectivity index (χ0v) is 30.9. The van der Waals surface area contributed by atoms with Crippen LogP contribution < -0.4 is 0 Å². The maximum absolute atomic E-state index is 7.06. The Labute approximate surface area is 313 Å². The fourth-order valence-corrected chi connectivity index (χ4v) is 7.37. The molecule has 0 spiro atoms. The Morgan fingerprint density at radius 1 is 0.538 bits per heavy atom. The number of ether oxygens (including phenoxy) is 6. The van der Waals surface area contributed by atoms with E-state index in [1.54, 1.807) is 18.9 Å². The largest absolute Gasteiger partial charge is 0.380 e. The molecule has 52 heavy (non-hydrogen) atoms. The van der Waals surface area contributed by atoms with Crippen LogP contribution >= 0.6 is 11.8 Å². The normalized spacial score (nSPS) is 20.8. The third-order valence-corrected chi connectivity index (χ3v) is 10.4. The number of aryl methyl sites for hydroxylation is 1. The third kappa shape index (κ3) is 11.6. The first-order valence-corrected chi connectivity index (χ1v) is 19.1. The first-order chi connectivity index (χ1) is 25.6. The van der Waals surface area contributed by atoms with Gasteiger partial charge in [0.1, 0.15) is 24.4 Å². The smallest absolute Gasteiger partial charge is 0.115 e. The van der Waals surface area contributed by atoms with Crippen molar-refractivity contribution in [3.8, 4) is 0 Å². The van der Waals surface area contributed by atoms with Crippen molar-refractivity contribution < 1.29 is 28.4 Å². The molecule has 0 amide bonds. The molecular weight excluding hydrogens is 669 g/mol. The highest BCUT2D eigenvalue weighted by Gasteiger charge is 2.49. The maximum atomic E-state index is 7.06. The summed E-state index contributed by atoms with van der Waals surface area (Å²) in [6, 6.07) is 49.6. The third-order valence-electron chi connectivity index (χ3n) is 9.26. The summed E-state index contributed by atoms with van der Waals surface area (Å²) in [6.45, 7) is 4.12. The van der Waals surface area contributed by atoms with E-state index in [0.717, 1.165) is 28.0 Å². The van der Waals surface area contributed by atoms with Gasteiger partial charge in [-0.2, -0.15) is 0 Å². The summed E-state index contributed by atoms with van der Waals surface area (Å²) < 4.78 is 40.2. The van der Waals surface area contributed by atoms with Crippen molar-refractivity contribution in [1.29, 1.82) is 0 Å². The quantitative estimate of drug-likeness (QED) is 0.0790. The van der Waals surface area contributed by atoms with Crippen LogP contribution in [0.4, 0.5) is 0 Å². The molecule has 6 rings (SSSR count). The van der Waals surface area contributed by atoms with E-state index in [0.29, 0.717) is 39.5 Å². The highest BCUT2D eigenvalue weighted by Crippen LogP contribution is 2.34. The SMILES string of the molecule is CO[C@H](CSc1ccc(C)cc1)C[C@@H]1O[C@H](COCc2ccccc2)[C@@H](OCc2ccccc2)[C@H](OCc2ccccc2)[C@H]1OCc1ccccc1. The van der Waals surface area contributed by atoms with E-state index in [4.69, 9.17) is 28.4 Å². The van der Waals surface area contributed by atoms with E-state index in [9.17, 15) is 0 Å². The molecule has 0 bridgehead atoms. The summed E-state index contributed by atoms with van der Waals surface area (Å²) in [5, 5.41) is 0. The van der Waals surface area contributed by atoms with Crippen LogP contribution in [0.3, 0.4) is 0 Å². The topological polar surface area (TPSA) is 55.4 Å². The zero-order valence-electron chi connectivity index (χ0n) is 30.1. The van der Waals surface area contributed by atoms with Crippen molar-refractivity contribution in [3.63, 3.8) is 0 Å². The van der Waals surface area contributed by atoms with Gasteiger partial charge in [-0.1, -0.05) is 139 Å². The molecule has 1 saturated heterocycles. The molecule has 1 heterocycles. The molecule has 0 unspecified atom stereocenters. The molecule has 5 aromatic carbocycles. The summed E-state index contributed by atoms with van der Waals surface area (Å²) in [5.74, 6) is 0.767. The van der Waals surface area contributed by atoms with Gasteiger partial charge in [-0.05, 0) is 41.3 Å². The number of thioether (sulfide) groups is 1. The van der Waals surface area contributed by atoms with Crippen molar-refractivity contribution >= 4 is 11.8 Å². The lowest BCUT2D eigenvalue weighted by Crippen LogP contribution is -2.61. The van der Waals surface area contributed by atoms with Gasteiger partial charge in [-0.15, -0.1) is 11.8 Å². The van der Waals surface area contributed by atoms with Gasteiger partial charge in [0.25, 0.3) is 0 Å². The Morgan fingerprint density at radius 2 is 0.981 bits per heavy atom. The fraction of sp³-hybridized carbons (Fsp3) is 0.333. The first-order valence-electron chi connectivity index (χ1n) is 18.1. The van der Waals surface area contributed by atoms with Gasteiger partial charge in [-0.3, -0.25) is 0 Å². The number of rotatable bonds is 19. The second-order valence-electron chi connectivity index (χ2n) is 13.2. The summed E-state index contributed by atoms with van der Waals surface area (Å²) in [7, 11) is 1.78. The summed E-state index contributed by atoms with van der Waals surface area (Å²) in [4.78, 5) is 1.21. The molecule has 1 aliphatic rings. The number of methoxy groups -OCH3 is 1. The van der Waals surface area contributed by atoms with Crippen LogP contribution in [0.25, 0.3) is 0 Å². The standard InChI is InChI=1S/C45H50O6S/c1-34-23-25-40(26-24-34)52-33-39(46-2)27-41-43(48-29-36-17-9-4-10-18-36)45(50-31-38-21-13-6-14-22-38)44(49-30-37-19-11-5-12-20-37)42(51-41)32-47-28-35-15-7-3-8-16-35/h3-26,39,41-45H,27-33H2,1-2H3/t39-,41-,42+,43-,44+,45+/m0/s1. The van der Waals surface area contributed by atoms with Crippen LogP contribution in [0.1, 0.15) is 34.2 Å². The summed E-state index contributed by atoms with van der Waals surface area (Å²) in [6.07, 6.45) is -1.63. The monoisotopic (exact) mass is 718 g/mol. The molecule has 0 N–H and O–H groups in total. The second-order valence-corrected chi connectivity index (χ2v) is 14.3. The van der Waals surface area contributed by atoms with Crippen molar-refractivity contribution in [1.82, 2.24) is 0 Å². The van der Waals surface area contributed by atoms with Gasteiger partial charge in [0.15, 0.2) is 0 Å². The van der Waals surface area contributed by atoms with Crippen molar-refractivity contribution in [2.45, 2.75) is 81.3 Å². The van der Waals surface area contributed by atoms with Crippen molar-refractivity contribution in [3.05, 3.63) is 173 Å². The van der Waals surface area contributed by atoms with E-state index in [-0.39, 0.29) is 12.2 Å². The van der Waals surface area contributed by atoms with Gasteiger partial charge in [-0.25, -0.2) is 0 Å². The second kappa shape index (κ2) is 20.5. The molecule has 0 aromatic heterocycles. The molecule has 0 aliphatic carbocycles. The Bertz CT molecular complexity index is 1690. The predicted molar refractivity (Wildman–Crippen MR) is 207 cm³/mol. The number of hydrogen-bond acceptors (Lipinski definition) is 7. The van der Waals surface area contributed by atoms with Crippen molar-refractivity contribution in [2.24, 2.45) is 0 Å². The molecule has 0 saturated carbocycles. The highest BCUT2D eigenvalue weighted by atomic mass is 32.2. The Kier molecular flexibility index (Phi) is 14.9. The molecule has 6 nitrogen and oxygen atoms in total. The van der Waals surface area contributed by atoms with E-state index < -0.39 is 24.4 Å². The van der Waals surface area contributed by atoms with Gasteiger partial charge < -0.3 is 28.4 Å². The highest BCUT2D eigenvalue weighted by molar-refractivity contribution is 7.99. The molecule has 272 valence electrons. The lowest BCUT2D eigenvalue weighted by molar-refractivity contribution is -0.276. The van der Waals surface area contributed by atoms with E-state index in [1.807, 2.05) is 72.8 Å². The number of benzene rings is 5. The summed E-state index contributed by atoms with van der Waals surface area (Å²) >= 11 is 1.79. The van der Waals surface area contributed by atoms with Gasteiger partial charge in [0.2, 0.25) is 0 Å². The minimum atomic E-state index is -0.473. The van der Waals surface area contributed by atoms with Crippen molar-refractivity contribution in [2.75, 3.05) is 19.5 Å². The number of hydrogen-bond donors (Lipinski definition) is 0. The molecule has 7 heteroatoms. The van der Waals surface area contributed by atoms with Crippen LogP contribution in [-0.2, 0) is 54.8 Å². The lowest BCUT2D eigenvalue weighted by atomic mass is 9.91. The van der Waals surface area contributed by atoms with E-state index in [2.05, 4.69) is 79.7 Å². The average molecular weight is 719 g/mol. The van der Waals surface area contributed by atoms with Crippen LogP contribution in [-0.4, -0.2) is 56.1 Å². The van der Waals surface area contributed by atoms with Crippen LogP contribution in [0.15, 0.2) is 150 Å². The molecule has 0 radical (unpaired) electrons. The zero-order chi connectivity index (χ0) is 35.8. The molecule has 1 fully saturated rings. The minimum absolute atomic E-state index is 0.0958. The average Bonchev–Trinajstić information content (AvgIpc) is 3.20. The molecule has 6 atom stereocenters. The summed E-state index contributed by atoms with van der Waals surface area (Å²) in [5.41, 5.74) is 5.58. The van der Waals surface area contributed by atoms with Gasteiger partial charge in [0, 0.05) is 24.2 Å². The Hall–Kier alpha value is -3.79. The first kappa shape index (κ1) is 38.0.